The largest absolute Gasteiger partial charge is 0.354 e. The summed E-state index contributed by atoms with van der Waals surface area (Å²) in [5.41, 5.74) is 0. The maximum atomic E-state index is 12.0. The van der Waals surface area contributed by atoms with Crippen LogP contribution in [0.1, 0.15) is 12.8 Å². The fourth-order valence-electron chi connectivity index (χ4n) is 1.98. The van der Waals surface area contributed by atoms with E-state index in [1.165, 1.54) is 24.3 Å². The molecule has 1 heterocycles. The second kappa shape index (κ2) is 6.93. The summed E-state index contributed by atoms with van der Waals surface area (Å²) in [6, 6.07) is 5.00. The first-order valence-corrected chi connectivity index (χ1v) is 8.58. The molecule has 118 valence electrons. The molecule has 8 heteroatoms. The SMILES string of the molecule is O=C(/C=C/S(=O)(=O)c1ccc(Cl)cc1)NC1CCCNC1=O. The Kier molecular flexibility index (Phi) is 5.20. The Morgan fingerprint density at radius 2 is 2.00 bits per heavy atom. The molecule has 2 N–H and O–H groups in total. The van der Waals surface area contributed by atoms with Crippen LogP contribution in [0.25, 0.3) is 0 Å². The van der Waals surface area contributed by atoms with Crippen molar-refractivity contribution in [3.8, 4) is 0 Å². The third-order valence-corrected chi connectivity index (χ3v) is 4.82. The molecule has 1 aromatic rings. The minimum absolute atomic E-state index is 0.0383. The van der Waals surface area contributed by atoms with Crippen molar-refractivity contribution in [3.05, 3.63) is 40.8 Å². The van der Waals surface area contributed by atoms with E-state index in [2.05, 4.69) is 10.6 Å². The zero-order valence-corrected chi connectivity index (χ0v) is 13.2. The van der Waals surface area contributed by atoms with Crippen LogP contribution >= 0.6 is 11.6 Å². The quantitative estimate of drug-likeness (QED) is 0.799. The van der Waals surface area contributed by atoms with E-state index in [1.807, 2.05) is 0 Å². The van der Waals surface area contributed by atoms with Crippen LogP contribution in [0.3, 0.4) is 0 Å². The lowest BCUT2D eigenvalue weighted by molar-refractivity contribution is -0.128. The van der Waals surface area contributed by atoms with Gasteiger partial charge >= 0.3 is 0 Å². The molecule has 2 amide bonds. The maximum Gasteiger partial charge on any atom is 0.245 e. The highest BCUT2D eigenvalue weighted by Crippen LogP contribution is 2.16. The average molecular weight is 343 g/mol. The molecule has 1 saturated heterocycles. The minimum Gasteiger partial charge on any atom is -0.354 e. The van der Waals surface area contributed by atoms with E-state index < -0.39 is 21.8 Å². The molecule has 1 aliphatic heterocycles. The summed E-state index contributed by atoms with van der Waals surface area (Å²) < 4.78 is 24.0. The first-order valence-electron chi connectivity index (χ1n) is 6.65. The Morgan fingerprint density at radius 3 is 2.64 bits per heavy atom. The molecule has 0 aliphatic carbocycles. The van der Waals surface area contributed by atoms with Gasteiger partial charge in [-0.05, 0) is 37.1 Å². The van der Waals surface area contributed by atoms with Gasteiger partial charge in [-0.2, -0.15) is 0 Å². The first-order chi connectivity index (χ1) is 10.4. The Morgan fingerprint density at radius 1 is 1.32 bits per heavy atom. The maximum absolute atomic E-state index is 12.0. The molecular formula is C14H15ClN2O4S. The van der Waals surface area contributed by atoms with Crippen LogP contribution in [0, 0.1) is 0 Å². The molecule has 0 aromatic heterocycles. The van der Waals surface area contributed by atoms with Crippen molar-refractivity contribution >= 4 is 33.3 Å². The zero-order chi connectivity index (χ0) is 16.2. The second-order valence-corrected chi connectivity index (χ2v) is 7.07. The van der Waals surface area contributed by atoms with Gasteiger partial charge in [0.1, 0.15) is 6.04 Å². The molecule has 0 bridgehead atoms. The third kappa shape index (κ3) is 4.32. The average Bonchev–Trinajstić information content (AvgIpc) is 2.48. The summed E-state index contributed by atoms with van der Waals surface area (Å²) in [7, 11) is -3.73. The molecule has 0 spiro atoms. The lowest BCUT2D eigenvalue weighted by Crippen LogP contribution is -2.49. The minimum atomic E-state index is -3.73. The van der Waals surface area contributed by atoms with E-state index in [1.54, 1.807) is 0 Å². The van der Waals surface area contributed by atoms with Crippen LogP contribution in [0.4, 0.5) is 0 Å². The van der Waals surface area contributed by atoms with Crippen molar-refractivity contribution in [2.24, 2.45) is 0 Å². The predicted octanol–water partition coefficient (Wildman–Crippen LogP) is 1.02. The van der Waals surface area contributed by atoms with E-state index in [0.717, 1.165) is 17.9 Å². The normalized spacial score (nSPS) is 19.0. The zero-order valence-electron chi connectivity index (χ0n) is 11.6. The summed E-state index contributed by atoms with van der Waals surface area (Å²) in [4.78, 5) is 23.3. The summed E-state index contributed by atoms with van der Waals surface area (Å²) in [6.07, 6.45) is 2.21. The van der Waals surface area contributed by atoms with E-state index in [4.69, 9.17) is 11.6 Å². The highest BCUT2D eigenvalue weighted by Gasteiger charge is 2.22. The van der Waals surface area contributed by atoms with E-state index in [0.29, 0.717) is 18.0 Å². The Bertz CT molecular complexity index is 698. The van der Waals surface area contributed by atoms with Gasteiger partial charge in [0.15, 0.2) is 9.84 Å². The number of rotatable bonds is 4. The molecule has 22 heavy (non-hydrogen) atoms. The van der Waals surface area contributed by atoms with E-state index >= 15 is 0 Å². The highest BCUT2D eigenvalue weighted by molar-refractivity contribution is 7.94. The lowest BCUT2D eigenvalue weighted by atomic mass is 10.1. The number of carbonyl (C=O) groups excluding carboxylic acids is 2. The molecule has 0 radical (unpaired) electrons. The summed E-state index contributed by atoms with van der Waals surface area (Å²) in [6.45, 7) is 0.589. The van der Waals surface area contributed by atoms with Gasteiger partial charge in [-0.3, -0.25) is 9.59 Å². The smallest absolute Gasteiger partial charge is 0.245 e. The number of piperidine rings is 1. The molecule has 6 nitrogen and oxygen atoms in total. The second-order valence-electron chi connectivity index (χ2n) is 4.80. The number of benzene rings is 1. The fourth-order valence-corrected chi connectivity index (χ4v) is 3.09. The standard InChI is InChI=1S/C14H15ClN2O4S/c15-10-3-5-11(6-4-10)22(20,21)9-7-13(18)17-12-2-1-8-16-14(12)19/h3-7,9,12H,1-2,8H2,(H,16,19)(H,17,18)/b9-7+. The molecule has 0 saturated carbocycles. The monoisotopic (exact) mass is 342 g/mol. The van der Waals surface area contributed by atoms with Gasteiger partial charge in [-0.15, -0.1) is 0 Å². The predicted molar refractivity (Wildman–Crippen MR) is 82.0 cm³/mol. The van der Waals surface area contributed by atoms with Crippen LogP contribution in [0.2, 0.25) is 5.02 Å². The van der Waals surface area contributed by atoms with Crippen LogP contribution in [0.5, 0.6) is 0 Å². The number of amides is 2. The van der Waals surface area contributed by atoms with E-state index in [-0.39, 0.29) is 10.8 Å². The van der Waals surface area contributed by atoms with E-state index in [9.17, 15) is 18.0 Å². The Labute approximate surface area is 133 Å². The third-order valence-electron chi connectivity index (χ3n) is 3.14. The van der Waals surface area contributed by atoms with Gasteiger partial charge in [0.2, 0.25) is 11.8 Å². The molecule has 1 aliphatic rings. The number of hydrogen-bond acceptors (Lipinski definition) is 4. The molecule has 1 atom stereocenters. The highest BCUT2D eigenvalue weighted by atomic mass is 35.5. The summed E-state index contributed by atoms with van der Waals surface area (Å²) in [5.74, 6) is -0.881. The van der Waals surface area contributed by atoms with Gasteiger partial charge in [0.05, 0.1) is 4.90 Å². The number of halogens is 1. The first kappa shape index (κ1) is 16.5. The summed E-state index contributed by atoms with van der Waals surface area (Å²) >= 11 is 5.70. The van der Waals surface area contributed by atoms with Crippen molar-refractivity contribution in [2.75, 3.05) is 6.54 Å². The fraction of sp³-hybridized carbons (Fsp3) is 0.286. The van der Waals surface area contributed by atoms with Gasteiger partial charge < -0.3 is 10.6 Å². The number of nitrogens with one attached hydrogen (secondary N) is 2. The summed E-state index contributed by atoms with van der Waals surface area (Å²) in [5, 5.41) is 6.34. The van der Waals surface area contributed by atoms with Crippen molar-refractivity contribution < 1.29 is 18.0 Å². The lowest BCUT2D eigenvalue weighted by Gasteiger charge is -2.21. The molecule has 2 rings (SSSR count). The molecule has 1 aromatic carbocycles. The Hall–Kier alpha value is -1.86. The van der Waals surface area contributed by atoms with Crippen LogP contribution in [-0.4, -0.2) is 32.8 Å². The van der Waals surface area contributed by atoms with Crippen LogP contribution in [0.15, 0.2) is 40.6 Å². The topological polar surface area (TPSA) is 92.3 Å². The number of sulfone groups is 1. The van der Waals surface area contributed by atoms with Gasteiger partial charge in [0, 0.05) is 23.1 Å². The molecule has 1 fully saturated rings. The molecule has 1 unspecified atom stereocenters. The van der Waals surface area contributed by atoms with Gasteiger partial charge in [-0.25, -0.2) is 8.42 Å². The van der Waals surface area contributed by atoms with Crippen molar-refractivity contribution in [1.29, 1.82) is 0 Å². The van der Waals surface area contributed by atoms with Gasteiger partial charge in [-0.1, -0.05) is 11.6 Å². The molecular weight excluding hydrogens is 328 g/mol. The number of carbonyl (C=O) groups is 2. The Balaban J connectivity index is 2.02. The van der Waals surface area contributed by atoms with Crippen molar-refractivity contribution in [1.82, 2.24) is 10.6 Å². The van der Waals surface area contributed by atoms with Crippen molar-refractivity contribution in [2.45, 2.75) is 23.8 Å². The van der Waals surface area contributed by atoms with Crippen LogP contribution in [-0.2, 0) is 19.4 Å². The van der Waals surface area contributed by atoms with Crippen molar-refractivity contribution in [3.63, 3.8) is 0 Å². The number of hydrogen-bond donors (Lipinski definition) is 2. The van der Waals surface area contributed by atoms with Crippen LogP contribution < -0.4 is 10.6 Å². The van der Waals surface area contributed by atoms with Gasteiger partial charge in [0.25, 0.3) is 0 Å².